The Hall–Kier alpha value is -0.910. The molecule has 0 N–H and O–H groups in total. The number of halogens is 4. The van der Waals surface area contributed by atoms with E-state index in [1.807, 2.05) is 0 Å². The summed E-state index contributed by atoms with van der Waals surface area (Å²) < 4.78 is 50.2. The van der Waals surface area contributed by atoms with Crippen molar-refractivity contribution < 1.29 is 17.6 Å². The van der Waals surface area contributed by atoms with Gasteiger partial charge in [0.2, 0.25) is 11.9 Å². The topological polar surface area (TPSA) is 4.93 Å². The molecule has 0 atom stereocenters. The van der Waals surface area contributed by atoms with Crippen LogP contribution < -0.4 is 0 Å². The highest BCUT2D eigenvalue weighted by molar-refractivity contribution is 7.71. The molecule has 0 aliphatic carbocycles. The number of nitrogens with zero attached hydrogens (tertiary/aromatic N) is 1. The van der Waals surface area contributed by atoms with Crippen LogP contribution in [-0.4, -0.2) is 4.57 Å². The van der Waals surface area contributed by atoms with E-state index in [-0.39, 0.29) is 11.1 Å². The third-order valence-electron chi connectivity index (χ3n) is 1.55. The number of pyridine rings is 1. The predicted molar refractivity (Wildman–Crippen MR) is 40.8 cm³/mol. The first kappa shape index (κ1) is 10.2. The van der Waals surface area contributed by atoms with E-state index in [0.29, 0.717) is 0 Å². The molecular formula is C7H5F4NS. The summed E-state index contributed by atoms with van der Waals surface area (Å²) in [5.74, 6) is -6.02. The molecule has 13 heavy (non-hydrogen) atoms. The molecule has 0 aromatic carbocycles. The summed E-state index contributed by atoms with van der Waals surface area (Å²) in [5.41, 5.74) is 0. The van der Waals surface area contributed by atoms with Crippen LogP contribution in [0.3, 0.4) is 0 Å². The molecule has 0 spiro atoms. The maximum atomic E-state index is 12.8. The number of aromatic nitrogens is 1. The maximum Gasteiger partial charge on any atom is 0.233 e. The van der Waals surface area contributed by atoms with E-state index in [0.717, 1.165) is 0 Å². The van der Waals surface area contributed by atoms with E-state index in [4.69, 9.17) is 0 Å². The van der Waals surface area contributed by atoms with E-state index in [9.17, 15) is 17.6 Å². The lowest BCUT2D eigenvalue weighted by molar-refractivity contribution is 0.337. The molecule has 1 nitrogen and oxygen atoms in total. The van der Waals surface area contributed by atoms with Crippen molar-refractivity contribution >= 4 is 12.2 Å². The SMILES string of the molecule is CCn1c(F)c(F)c(=S)c(F)c1F. The van der Waals surface area contributed by atoms with Gasteiger partial charge >= 0.3 is 0 Å². The van der Waals surface area contributed by atoms with Crippen molar-refractivity contribution in [2.24, 2.45) is 0 Å². The van der Waals surface area contributed by atoms with E-state index in [1.165, 1.54) is 6.92 Å². The van der Waals surface area contributed by atoms with Crippen molar-refractivity contribution in [1.29, 1.82) is 0 Å². The molecule has 0 bridgehead atoms. The molecule has 1 heterocycles. The third-order valence-corrected chi connectivity index (χ3v) is 1.91. The Morgan fingerprint density at radius 1 is 1.08 bits per heavy atom. The van der Waals surface area contributed by atoms with Gasteiger partial charge in [-0.15, -0.1) is 0 Å². The normalized spacial score (nSPS) is 10.5. The summed E-state index contributed by atoms with van der Waals surface area (Å²) in [6, 6.07) is 0. The number of hydrogen-bond acceptors (Lipinski definition) is 1. The zero-order valence-electron chi connectivity index (χ0n) is 6.57. The van der Waals surface area contributed by atoms with Crippen molar-refractivity contribution in [3.63, 3.8) is 0 Å². The Balaban J connectivity index is 3.67. The molecule has 1 rings (SSSR count). The van der Waals surface area contributed by atoms with Crippen LogP contribution in [0, 0.1) is 28.0 Å². The summed E-state index contributed by atoms with van der Waals surface area (Å²) >= 11 is 4.13. The lowest BCUT2D eigenvalue weighted by Crippen LogP contribution is -2.13. The Labute approximate surface area is 76.6 Å². The Morgan fingerprint density at radius 3 is 1.77 bits per heavy atom. The molecule has 1 aromatic rings. The second kappa shape index (κ2) is 3.45. The number of rotatable bonds is 1. The fourth-order valence-corrected chi connectivity index (χ4v) is 1.05. The molecule has 0 aliphatic heterocycles. The van der Waals surface area contributed by atoms with Crippen LogP contribution in [0.1, 0.15) is 6.92 Å². The van der Waals surface area contributed by atoms with E-state index in [2.05, 4.69) is 12.2 Å². The summed E-state index contributed by atoms with van der Waals surface area (Å²) in [4.78, 5) is 0. The molecule has 0 saturated heterocycles. The van der Waals surface area contributed by atoms with E-state index in [1.54, 1.807) is 0 Å². The van der Waals surface area contributed by atoms with Gasteiger partial charge in [-0.1, -0.05) is 12.2 Å². The first-order chi connectivity index (χ1) is 6.00. The highest BCUT2D eigenvalue weighted by Gasteiger charge is 2.18. The lowest BCUT2D eigenvalue weighted by Gasteiger charge is -2.07. The fraction of sp³-hybridized carbons (Fsp3) is 0.286. The minimum atomic E-state index is -1.53. The number of hydrogen-bond donors (Lipinski definition) is 0. The molecule has 72 valence electrons. The first-order valence-electron chi connectivity index (χ1n) is 3.43. The maximum absolute atomic E-state index is 12.8. The summed E-state index contributed by atoms with van der Waals surface area (Å²) in [5, 5.41) is 0. The molecule has 0 unspecified atom stereocenters. The van der Waals surface area contributed by atoms with E-state index < -0.39 is 28.0 Å². The molecular weight excluding hydrogens is 206 g/mol. The second-order valence-corrected chi connectivity index (χ2v) is 2.69. The largest absolute Gasteiger partial charge is 0.290 e. The van der Waals surface area contributed by atoms with Crippen LogP contribution in [0.15, 0.2) is 0 Å². The second-order valence-electron chi connectivity index (χ2n) is 2.28. The molecule has 0 radical (unpaired) electrons. The lowest BCUT2D eigenvalue weighted by atomic mass is 10.4. The predicted octanol–water partition coefficient (Wildman–Crippen LogP) is 2.79. The van der Waals surface area contributed by atoms with Crippen LogP contribution >= 0.6 is 12.2 Å². The molecule has 0 amide bonds. The van der Waals surface area contributed by atoms with Gasteiger partial charge < -0.3 is 0 Å². The van der Waals surface area contributed by atoms with Crippen molar-refractivity contribution in [2.75, 3.05) is 0 Å². The minimum Gasteiger partial charge on any atom is -0.290 e. The van der Waals surface area contributed by atoms with Gasteiger partial charge in [-0.25, -0.2) is 8.78 Å². The average Bonchev–Trinajstić information content (AvgIpc) is 2.13. The van der Waals surface area contributed by atoms with Crippen molar-refractivity contribution in [2.45, 2.75) is 13.5 Å². The van der Waals surface area contributed by atoms with E-state index >= 15 is 0 Å². The molecule has 1 aromatic heterocycles. The zero-order valence-corrected chi connectivity index (χ0v) is 7.39. The standard InChI is InChI=1S/C7H5F4NS/c1-2-12-6(10)3(8)5(13)4(9)7(12)11/h2H2,1H3. The van der Waals surface area contributed by atoms with Gasteiger partial charge in [0, 0.05) is 6.54 Å². The molecule has 0 aliphatic rings. The Bertz CT molecular complexity index is 366. The Kier molecular flexibility index (Phi) is 2.70. The highest BCUT2D eigenvalue weighted by Crippen LogP contribution is 2.15. The summed E-state index contributed by atoms with van der Waals surface area (Å²) in [6.45, 7) is 1.15. The van der Waals surface area contributed by atoms with Gasteiger partial charge in [-0.2, -0.15) is 8.78 Å². The van der Waals surface area contributed by atoms with Gasteiger partial charge in [0.05, 0.1) is 0 Å². The Morgan fingerprint density at radius 2 is 1.46 bits per heavy atom. The summed E-state index contributed by atoms with van der Waals surface area (Å²) in [6.07, 6.45) is 0. The van der Waals surface area contributed by atoms with Crippen LogP contribution in [0.4, 0.5) is 17.6 Å². The molecule has 0 fully saturated rings. The fourth-order valence-electron chi connectivity index (χ4n) is 0.885. The van der Waals surface area contributed by atoms with Crippen molar-refractivity contribution in [3.05, 3.63) is 28.0 Å². The van der Waals surface area contributed by atoms with Crippen LogP contribution in [0.5, 0.6) is 0 Å². The van der Waals surface area contributed by atoms with Crippen LogP contribution in [-0.2, 0) is 6.54 Å². The monoisotopic (exact) mass is 211 g/mol. The molecule has 6 heteroatoms. The quantitative estimate of drug-likeness (QED) is 0.393. The van der Waals surface area contributed by atoms with Gasteiger partial charge in [-0.3, -0.25) is 4.57 Å². The highest BCUT2D eigenvalue weighted by atomic mass is 32.1. The van der Waals surface area contributed by atoms with Gasteiger partial charge in [0.15, 0.2) is 11.6 Å². The smallest absolute Gasteiger partial charge is 0.233 e. The van der Waals surface area contributed by atoms with Crippen LogP contribution in [0.2, 0.25) is 0 Å². The first-order valence-corrected chi connectivity index (χ1v) is 3.84. The average molecular weight is 211 g/mol. The van der Waals surface area contributed by atoms with Gasteiger partial charge in [0.1, 0.15) is 4.51 Å². The van der Waals surface area contributed by atoms with Gasteiger partial charge in [0.25, 0.3) is 0 Å². The van der Waals surface area contributed by atoms with Crippen molar-refractivity contribution in [1.82, 2.24) is 4.57 Å². The van der Waals surface area contributed by atoms with Gasteiger partial charge in [-0.05, 0) is 6.92 Å². The van der Waals surface area contributed by atoms with Crippen molar-refractivity contribution in [3.8, 4) is 0 Å². The summed E-state index contributed by atoms with van der Waals surface area (Å²) in [7, 11) is 0. The molecule has 0 saturated carbocycles. The third kappa shape index (κ3) is 1.46. The zero-order chi connectivity index (χ0) is 10.2. The minimum absolute atomic E-state index is 0.207. The van der Waals surface area contributed by atoms with Crippen LogP contribution in [0.25, 0.3) is 0 Å².